The number of rotatable bonds is 6. The summed E-state index contributed by atoms with van der Waals surface area (Å²) in [5.41, 5.74) is 1.53. The van der Waals surface area contributed by atoms with Crippen molar-refractivity contribution in [2.75, 3.05) is 33.4 Å². The lowest BCUT2D eigenvalue weighted by atomic mass is 10.1. The van der Waals surface area contributed by atoms with Crippen molar-refractivity contribution >= 4 is 0 Å². The van der Waals surface area contributed by atoms with Crippen molar-refractivity contribution < 1.29 is 4.74 Å². The van der Waals surface area contributed by atoms with Gasteiger partial charge in [-0.3, -0.25) is 4.90 Å². The minimum absolute atomic E-state index is 0.537. The summed E-state index contributed by atoms with van der Waals surface area (Å²) >= 11 is 0. The van der Waals surface area contributed by atoms with Gasteiger partial charge < -0.3 is 10.1 Å². The van der Waals surface area contributed by atoms with Crippen LogP contribution in [0, 0.1) is 0 Å². The molecule has 0 saturated heterocycles. The molecule has 0 bridgehead atoms. The van der Waals surface area contributed by atoms with Crippen molar-refractivity contribution in [2.24, 2.45) is 0 Å². The van der Waals surface area contributed by atoms with Gasteiger partial charge in [0.2, 0.25) is 0 Å². The fourth-order valence-electron chi connectivity index (χ4n) is 2.19. The van der Waals surface area contributed by atoms with Gasteiger partial charge in [-0.05, 0) is 26.2 Å². The quantitative estimate of drug-likeness (QED) is 0.690. The van der Waals surface area contributed by atoms with Gasteiger partial charge >= 0.3 is 0 Å². The Bertz CT molecular complexity index is 248. The van der Waals surface area contributed by atoms with Crippen LogP contribution in [0.15, 0.2) is 11.6 Å². The summed E-state index contributed by atoms with van der Waals surface area (Å²) < 4.78 is 5.33. The molecule has 1 unspecified atom stereocenters. The molecule has 92 valence electrons. The predicted octanol–water partition coefficient (Wildman–Crippen LogP) is 1.41. The second-order valence-electron chi connectivity index (χ2n) is 5.09. The van der Waals surface area contributed by atoms with Crippen LogP contribution in [0.3, 0.4) is 0 Å². The summed E-state index contributed by atoms with van der Waals surface area (Å²) in [6.07, 6.45) is 6.28. The summed E-state index contributed by atoms with van der Waals surface area (Å²) in [4.78, 5) is 2.53. The molecule has 1 saturated carbocycles. The first kappa shape index (κ1) is 12.1. The average Bonchev–Trinajstić information content (AvgIpc) is 3.09. The smallest absolute Gasteiger partial charge is 0.0630 e. The molecule has 0 amide bonds. The molecule has 1 fully saturated rings. The molecular formula is C13H24N2O. The molecule has 1 aliphatic carbocycles. The van der Waals surface area contributed by atoms with E-state index in [1.807, 2.05) is 0 Å². The van der Waals surface area contributed by atoms with Gasteiger partial charge in [0.1, 0.15) is 0 Å². The predicted molar refractivity (Wildman–Crippen MR) is 66.6 cm³/mol. The SMILES string of the molecule is COCC(CNC1CC1)N1CC=C(C)CC1. The van der Waals surface area contributed by atoms with Crippen LogP contribution < -0.4 is 5.32 Å². The molecule has 2 aliphatic rings. The number of methoxy groups -OCH3 is 1. The van der Waals surface area contributed by atoms with E-state index in [1.165, 1.54) is 31.4 Å². The maximum absolute atomic E-state index is 5.33. The van der Waals surface area contributed by atoms with E-state index in [-0.39, 0.29) is 0 Å². The maximum atomic E-state index is 5.33. The molecule has 1 atom stereocenters. The van der Waals surface area contributed by atoms with Crippen LogP contribution in [0.1, 0.15) is 26.2 Å². The van der Waals surface area contributed by atoms with Crippen LogP contribution in [-0.2, 0) is 4.74 Å². The summed E-state index contributed by atoms with van der Waals surface area (Å²) in [5.74, 6) is 0. The first-order valence-electron chi connectivity index (χ1n) is 6.41. The third kappa shape index (κ3) is 3.58. The van der Waals surface area contributed by atoms with Gasteiger partial charge in [0.05, 0.1) is 6.61 Å². The van der Waals surface area contributed by atoms with E-state index in [9.17, 15) is 0 Å². The highest BCUT2D eigenvalue weighted by Gasteiger charge is 2.25. The second kappa shape index (κ2) is 5.80. The van der Waals surface area contributed by atoms with Crippen molar-refractivity contribution in [1.29, 1.82) is 0 Å². The zero-order chi connectivity index (χ0) is 11.4. The molecule has 16 heavy (non-hydrogen) atoms. The number of hydrogen-bond acceptors (Lipinski definition) is 3. The highest BCUT2D eigenvalue weighted by Crippen LogP contribution is 2.19. The van der Waals surface area contributed by atoms with E-state index < -0.39 is 0 Å². The van der Waals surface area contributed by atoms with Crippen LogP contribution in [0.2, 0.25) is 0 Å². The molecule has 0 radical (unpaired) electrons. The molecule has 3 nitrogen and oxygen atoms in total. The zero-order valence-corrected chi connectivity index (χ0v) is 10.5. The number of nitrogens with zero attached hydrogens (tertiary/aromatic N) is 1. The normalized spacial score (nSPS) is 24.2. The fourth-order valence-corrected chi connectivity index (χ4v) is 2.19. The van der Waals surface area contributed by atoms with E-state index in [1.54, 1.807) is 7.11 Å². The first-order valence-corrected chi connectivity index (χ1v) is 6.41. The average molecular weight is 224 g/mol. The Hall–Kier alpha value is -0.380. The largest absolute Gasteiger partial charge is 0.383 e. The topological polar surface area (TPSA) is 24.5 Å². The highest BCUT2D eigenvalue weighted by atomic mass is 16.5. The van der Waals surface area contributed by atoms with E-state index >= 15 is 0 Å². The van der Waals surface area contributed by atoms with Gasteiger partial charge in [-0.2, -0.15) is 0 Å². The Labute approximate surface area is 98.8 Å². The van der Waals surface area contributed by atoms with Gasteiger partial charge in [0.15, 0.2) is 0 Å². The minimum Gasteiger partial charge on any atom is -0.383 e. The molecule has 1 heterocycles. The van der Waals surface area contributed by atoms with E-state index in [4.69, 9.17) is 4.74 Å². The summed E-state index contributed by atoms with van der Waals surface area (Å²) in [6.45, 7) is 6.41. The molecule has 0 aromatic rings. The van der Waals surface area contributed by atoms with Crippen molar-refractivity contribution in [3.63, 3.8) is 0 Å². The molecule has 2 rings (SSSR count). The maximum Gasteiger partial charge on any atom is 0.0630 e. The first-order chi connectivity index (χ1) is 7.79. The number of nitrogens with one attached hydrogen (secondary N) is 1. The van der Waals surface area contributed by atoms with Crippen LogP contribution in [0.25, 0.3) is 0 Å². The van der Waals surface area contributed by atoms with E-state index in [2.05, 4.69) is 23.2 Å². The highest BCUT2D eigenvalue weighted by molar-refractivity contribution is 5.04. The molecule has 3 heteroatoms. The third-order valence-corrected chi connectivity index (χ3v) is 3.56. The van der Waals surface area contributed by atoms with Crippen LogP contribution in [0.5, 0.6) is 0 Å². The minimum atomic E-state index is 0.537. The molecule has 0 aromatic heterocycles. The van der Waals surface area contributed by atoms with Crippen LogP contribution >= 0.6 is 0 Å². The standard InChI is InChI=1S/C13H24N2O/c1-11-5-7-15(8-6-11)13(10-16-2)9-14-12-3-4-12/h5,12-14H,3-4,6-10H2,1-2H3. The molecule has 0 spiro atoms. The lowest BCUT2D eigenvalue weighted by molar-refractivity contribution is 0.0940. The molecular weight excluding hydrogens is 200 g/mol. The van der Waals surface area contributed by atoms with Crippen molar-refractivity contribution in [3.05, 3.63) is 11.6 Å². The summed E-state index contributed by atoms with van der Waals surface area (Å²) in [5, 5.41) is 3.61. The van der Waals surface area contributed by atoms with Crippen molar-refractivity contribution in [3.8, 4) is 0 Å². The van der Waals surface area contributed by atoms with E-state index in [0.29, 0.717) is 6.04 Å². The third-order valence-electron chi connectivity index (χ3n) is 3.56. The Morgan fingerprint density at radius 2 is 2.38 bits per heavy atom. The van der Waals surface area contributed by atoms with Gasteiger partial charge in [-0.15, -0.1) is 0 Å². The Morgan fingerprint density at radius 3 is 2.94 bits per heavy atom. The molecule has 1 aliphatic heterocycles. The van der Waals surface area contributed by atoms with Crippen LogP contribution in [0.4, 0.5) is 0 Å². The second-order valence-corrected chi connectivity index (χ2v) is 5.09. The van der Waals surface area contributed by atoms with Gasteiger partial charge in [-0.1, -0.05) is 11.6 Å². The lowest BCUT2D eigenvalue weighted by Crippen LogP contribution is -2.47. The Kier molecular flexibility index (Phi) is 4.38. The summed E-state index contributed by atoms with van der Waals surface area (Å²) in [7, 11) is 1.80. The molecule has 1 N–H and O–H groups in total. The van der Waals surface area contributed by atoms with Gasteiger partial charge in [0, 0.05) is 38.8 Å². The number of hydrogen-bond donors (Lipinski definition) is 1. The lowest BCUT2D eigenvalue weighted by Gasteiger charge is -2.33. The summed E-state index contributed by atoms with van der Waals surface area (Å²) in [6, 6.07) is 1.33. The van der Waals surface area contributed by atoms with Crippen molar-refractivity contribution in [2.45, 2.75) is 38.3 Å². The molecule has 0 aromatic carbocycles. The van der Waals surface area contributed by atoms with Crippen molar-refractivity contribution in [1.82, 2.24) is 10.2 Å². The Morgan fingerprint density at radius 1 is 1.56 bits per heavy atom. The number of ether oxygens (including phenoxy) is 1. The fraction of sp³-hybridized carbons (Fsp3) is 0.846. The van der Waals surface area contributed by atoms with Gasteiger partial charge in [0.25, 0.3) is 0 Å². The van der Waals surface area contributed by atoms with Crippen LogP contribution in [-0.4, -0.2) is 50.3 Å². The monoisotopic (exact) mass is 224 g/mol. The van der Waals surface area contributed by atoms with E-state index in [0.717, 1.165) is 25.7 Å². The Balaban J connectivity index is 1.79. The van der Waals surface area contributed by atoms with Gasteiger partial charge in [-0.25, -0.2) is 0 Å². The zero-order valence-electron chi connectivity index (χ0n) is 10.5.